The normalized spacial score (nSPS) is 48.3. The van der Waals surface area contributed by atoms with Gasteiger partial charge in [-0.25, -0.2) is 0 Å². The topological polar surface area (TPSA) is 29.5 Å². The third-order valence-corrected chi connectivity index (χ3v) is 2.46. The van der Waals surface area contributed by atoms with Crippen LogP contribution in [0.4, 0.5) is 0 Å². The summed E-state index contributed by atoms with van der Waals surface area (Å²) in [5.41, 5.74) is 0. The Labute approximate surface area is 54.8 Å². The number of aliphatic hydroxyl groups is 1. The predicted molar refractivity (Wildman–Crippen MR) is 33.0 cm³/mol. The van der Waals surface area contributed by atoms with E-state index in [0.717, 1.165) is 6.61 Å². The van der Waals surface area contributed by atoms with E-state index in [4.69, 9.17) is 9.84 Å². The number of aliphatic hydroxyl groups excluding tert-OH is 1. The smallest absolute Gasteiger partial charge is 0.0661 e. The zero-order chi connectivity index (χ0) is 6.27. The Kier molecular flexibility index (Phi) is 1.24. The van der Waals surface area contributed by atoms with Gasteiger partial charge in [0.05, 0.1) is 6.10 Å². The average molecular weight is 128 g/mol. The van der Waals surface area contributed by atoms with Gasteiger partial charge in [0.1, 0.15) is 0 Å². The van der Waals surface area contributed by atoms with Gasteiger partial charge in [-0.1, -0.05) is 0 Å². The van der Waals surface area contributed by atoms with Crippen LogP contribution in [0.15, 0.2) is 0 Å². The van der Waals surface area contributed by atoms with Crippen molar-refractivity contribution in [3.05, 3.63) is 0 Å². The molecule has 2 heteroatoms. The van der Waals surface area contributed by atoms with Crippen molar-refractivity contribution >= 4 is 0 Å². The highest BCUT2D eigenvalue weighted by Gasteiger charge is 2.51. The predicted octanol–water partition coefficient (Wildman–Crippen LogP) is 0.404. The second kappa shape index (κ2) is 1.96. The maximum atomic E-state index is 8.76. The molecule has 0 radical (unpaired) electrons. The molecule has 9 heavy (non-hydrogen) atoms. The van der Waals surface area contributed by atoms with Gasteiger partial charge >= 0.3 is 0 Å². The van der Waals surface area contributed by atoms with Gasteiger partial charge in [0.15, 0.2) is 0 Å². The third-order valence-electron chi connectivity index (χ3n) is 2.46. The zero-order valence-corrected chi connectivity index (χ0v) is 5.42. The summed E-state index contributed by atoms with van der Waals surface area (Å²) in [4.78, 5) is 0. The maximum Gasteiger partial charge on any atom is 0.0661 e. The van der Waals surface area contributed by atoms with E-state index < -0.39 is 0 Å². The van der Waals surface area contributed by atoms with Gasteiger partial charge in [-0.15, -0.1) is 0 Å². The van der Waals surface area contributed by atoms with E-state index in [-0.39, 0.29) is 0 Å². The summed E-state index contributed by atoms with van der Waals surface area (Å²) in [5.74, 6) is 1.20. The van der Waals surface area contributed by atoms with Gasteiger partial charge in [0.25, 0.3) is 0 Å². The standard InChI is InChI=1S/C7H12O2/c8-4-6-5-2-1-3-9-7(5)6/h5-8H,1-4H2/t5-,6-,7-/m1/s1. The first kappa shape index (κ1) is 5.69. The molecular weight excluding hydrogens is 116 g/mol. The van der Waals surface area contributed by atoms with Crippen molar-refractivity contribution in [3.8, 4) is 0 Å². The first-order chi connectivity index (χ1) is 4.43. The van der Waals surface area contributed by atoms with Crippen molar-refractivity contribution in [1.82, 2.24) is 0 Å². The van der Waals surface area contributed by atoms with Crippen LogP contribution in [0.2, 0.25) is 0 Å². The Morgan fingerprint density at radius 3 is 3.00 bits per heavy atom. The molecule has 1 heterocycles. The lowest BCUT2D eigenvalue weighted by Gasteiger charge is -2.07. The van der Waals surface area contributed by atoms with Crippen LogP contribution in [0.3, 0.4) is 0 Å². The fourth-order valence-electron chi connectivity index (χ4n) is 1.81. The summed E-state index contributed by atoms with van der Waals surface area (Å²) < 4.78 is 5.40. The van der Waals surface area contributed by atoms with E-state index in [1.807, 2.05) is 0 Å². The van der Waals surface area contributed by atoms with Gasteiger partial charge in [-0.05, 0) is 18.8 Å². The molecule has 1 N–H and O–H groups in total. The Hall–Kier alpha value is -0.0800. The molecule has 2 aliphatic rings. The molecule has 0 unspecified atom stereocenters. The van der Waals surface area contributed by atoms with Crippen molar-refractivity contribution in [1.29, 1.82) is 0 Å². The van der Waals surface area contributed by atoms with Crippen LogP contribution in [-0.2, 0) is 4.74 Å². The summed E-state index contributed by atoms with van der Waals surface area (Å²) in [7, 11) is 0. The van der Waals surface area contributed by atoms with Gasteiger partial charge in [-0.2, -0.15) is 0 Å². The molecule has 3 atom stereocenters. The fraction of sp³-hybridized carbons (Fsp3) is 1.00. The molecule has 1 aliphatic heterocycles. The fourth-order valence-corrected chi connectivity index (χ4v) is 1.81. The molecule has 0 aromatic carbocycles. The number of ether oxygens (including phenoxy) is 1. The van der Waals surface area contributed by atoms with E-state index in [0.29, 0.717) is 24.5 Å². The number of hydrogen-bond donors (Lipinski definition) is 1. The van der Waals surface area contributed by atoms with Gasteiger partial charge in [-0.3, -0.25) is 0 Å². The molecule has 1 aliphatic carbocycles. The Morgan fingerprint density at radius 1 is 1.56 bits per heavy atom. The quantitative estimate of drug-likeness (QED) is 0.554. The first-order valence-electron chi connectivity index (χ1n) is 3.66. The zero-order valence-electron chi connectivity index (χ0n) is 5.42. The van der Waals surface area contributed by atoms with Crippen molar-refractivity contribution in [3.63, 3.8) is 0 Å². The van der Waals surface area contributed by atoms with Crippen molar-refractivity contribution in [2.45, 2.75) is 18.9 Å². The lowest BCUT2D eigenvalue weighted by atomic mass is 10.2. The molecule has 2 fully saturated rings. The highest BCUT2D eigenvalue weighted by Crippen LogP contribution is 2.47. The minimum Gasteiger partial charge on any atom is -0.396 e. The summed E-state index contributed by atoms with van der Waals surface area (Å²) in [5, 5.41) is 8.76. The lowest BCUT2D eigenvalue weighted by molar-refractivity contribution is 0.0716. The Bertz CT molecular complexity index is 94.7. The largest absolute Gasteiger partial charge is 0.396 e. The van der Waals surface area contributed by atoms with Crippen LogP contribution in [0.25, 0.3) is 0 Å². The highest BCUT2D eigenvalue weighted by molar-refractivity contribution is 4.99. The number of rotatable bonds is 1. The molecule has 0 spiro atoms. The molecule has 1 saturated carbocycles. The number of hydrogen-bond acceptors (Lipinski definition) is 2. The summed E-state index contributed by atoms with van der Waals surface area (Å²) >= 11 is 0. The second-order valence-electron chi connectivity index (χ2n) is 2.99. The molecule has 0 aromatic heterocycles. The molecule has 2 nitrogen and oxygen atoms in total. The van der Waals surface area contributed by atoms with Gasteiger partial charge < -0.3 is 9.84 Å². The van der Waals surface area contributed by atoms with Crippen LogP contribution in [0, 0.1) is 11.8 Å². The molecule has 2 rings (SSSR count). The highest BCUT2D eigenvalue weighted by atomic mass is 16.5. The van der Waals surface area contributed by atoms with E-state index in [2.05, 4.69) is 0 Å². The minimum atomic E-state index is 0.329. The summed E-state index contributed by atoms with van der Waals surface area (Å²) in [6.45, 7) is 1.24. The van der Waals surface area contributed by atoms with E-state index in [9.17, 15) is 0 Å². The first-order valence-corrected chi connectivity index (χ1v) is 3.66. The Balaban J connectivity index is 1.91. The van der Waals surface area contributed by atoms with Crippen LogP contribution >= 0.6 is 0 Å². The van der Waals surface area contributed by atoms with Gasteiger partial charge in [0, 0.05) is 19.1 Å². The lowest BCUT2D eigenvalue weighted by Crippen LogP contribution is -2.06. The van der Waals surface area contributed by atoms with Crippen LogP contribution in [-0.4, -0.2) is 24.4 Å². The van der Waals surface area contributed by atoms with E-state index in [1.165, 1.54) is 12.8 Å². The van der Waals surface area contributed by atoms with E-state index in [1.54, 1.807) is 0 Å². The molecular formula is C7H12O2. The summed E-state index contributed by atoms with van der Waals surface area (Å²) in [6.07, 6.45) is 2.90. The van der Waals surface area contributed by atoms with Crippen LogP contribution in [0.1, 0.15) is 12.8 Å². The maximum absolute atomic E-state index is 8.76. The number of fused-ring (bicyclic) bond motifs is 1. The van der Waals surface area contributed by atoms with Crippen LogP contribution in [0.5, 0.6) is 0 Å². The molecule has 0 aromatic rings. The SMILES string of the molecule is OC[C@@H]1[C@H]2CCCO[C@@H]12. The van der Waals surface area contributed by atoms with Crippen molar-refractivity contribution in [2.75, 3.05) is 13.2 Å². The molecule has 52 valence electrons. The van der Waals surface area contributed by atoms with Crippen LogP contribution < -0.4 is 0 Å². The molecule has 1 saturated heterocycles. The minimum absolute atomic E-state index is 0.329. The van der Waals surface area contributed by atoms with E-state index >= 15 is 0 Å². The monoisotopic (exact) mass is 128 g/mol. The molecule has 0 amide bonds. The van der Waals surface area contributed by atoms with Gasteiger partial charge in [0.2, 0.25) is 0 Å². The Morgan fingerprint density at radius 2 is 2.44 bits per heavy atom. The third kappa shape index (κ3) is 0.775. The average Bonchev–Trinajstić information content (AvgIpc) is 2.60. The molecule has 0 bridgehead atoms. The summed E-state index contributed by atoms with van der Waals surface area (Å²) in [6, 6.07) is 0. The van der Waals surface area contributed by atoms with Crippen molar-refractivity contribution in [2.24, 2.45) is 11.8 Å². The van der Waals surface area contributed by atoms with Crippen molar-refractivity contribution < 1.29 is 9.84 Å². The second-order valence-corrected chi connectivity index (χ2v) is 2.99.